The fourth-order valence-corrected chi connectivity index (χ4v) is 6.12. The number of nitrogens with zero attached hydrogens (tertiary/aromatic N) is 3. The SMILES string of the molecule is C=C/C=C\c1oc2cccc(-c3cccc4ccccc34)c2c1-c1nc(-c2ccccc2)nc(-c2ccc(-c3ccccc3)cc2)n1. The molecule has 2 heterocycles. The van der Waals surface area contributed by atoms with Gasteiger partial charge in [-0.3, -0.25) is 0 Å². The second-order valence-electron chi connectivity index (χ2n) is 11.3. The largest absolute Gasteiger partial charge is 0.456 e. The van der Waals surface area contributed by atoms with Gasteiger partial charge < -0.3 is 4.42 Å². The van der Waals surface area contributed by atoms with Crippen LogP contribution in [0.5, 0.6) is 0 Å². The Kier molecular flexibility index (Phi) is 7.29. The van der Waals surface area contributed by atoms with E-state index in [1.165, 1.54) is 5.39 Å². The molecule has 0 atom stereocenters. The van der Waals surface area contributed by atoms with E-state index in [1.54, 1.807) is 6.08 Å². The van der Waals surface area contributed by atoms with E-state index in [2.05, 4.69) is 91.5 Å². The van der Waals surface area contributed by atoms with Crippen molar-refractivity contribution in [2.24, 2.45) is 0 Å². The minimum Gasteiger partial charge on any atom is -0.456 e. The molecule has 0 bridgehead atoms. The van der Waals surface area contributed by atoms with E-state index in [0.717, 1.165) is 55.3 Å². The van der Waals surface area contributed by atoms with Crippen molar-refractivity contribution in [3.05, 3.63) is 170 Å². The lowest BCUT2D eigenvalue weighted by molar-refractivity contribution is 0.605. The van der Waals surface area contributed by atoms with Crippen molar-refractivity contribution in [3.8, 4) is 56.4 Å². The Morgan fingerprint density at radius 2 is 1.04 bits per heavy atom. The Balaban J connectivity index is 1.39. The number of aromatic nitrogens is 3. The third-order valence-electron chi connectivity index (χ3n) is 8.35. The number of rotatable bonds is 7. The second kappa shape index (κ2) is 12.2. The van der Waals surface area contributed by atoms with Crippen LogP contribution in [0.4, 0.5) is 0 Å². The van der Waals surface area contributed by atoms with Gasteiger partial charge in [0.05, 0.1) is 5.56 Å². The first-order chi connectivity index (χ1) is 23.3. The highest BCUT2D eigenvalue weighted by Crippen LogP contribution is 2.42. The fraction of sp³-hybridized carbons (Fsp3) is 0. The molecule has 0 unspecified atom stereocenters. The number of fused-ring (bicyclic) bond motifs is 2. The summed E-state index contributed by atoms with van der Waals surface area (Å²) >= 11 is 0. The lowest BCUT2D eigenvalue weighted by atomic mass is 9.93. The zero-order valence-electron chi connectivity index (χ0n) is 25.5. The summed E-state index contributed by atoms with van der Waals surface area (Å²) < 4.78 is 6.55. The summed E-state index contributed by atoms with van der Waals surface area (Å²) in [5.41, 5.74) is 7.82. The summed E-state index contributed by atoms with van der Waals surface area (Å²) in [6.45, 7) is 3.90. The van der Waals surface area contributed by atoms with E-state index >= 15 is 0 Å². The molecule has 0 spiro atoms. The zero-order chi connectivity index (χ0) is 31.6. The van der Waals surface area contributed by atoms with Crippen molar-refractivity contribution >= 4 is 27.8 Å². The number of allylic oxidation sites excluding steroid dienone is 2. The van der Waals surface area contributed by atoms with Crippen LogP contribution in [-0.2, 0) is 0 Å². The van der Waals surface area contributed by atoms with Crippen molar-refractivity contribution in [2.75, 3.05) is 0 Å². The van der Waals surface area contributed by atoms with Gasteiger partial charge in [-0.25, -0.2) is 15.0 Å². The predicted molar refractivity (Wildman–Crippen MR) is 194 cm³/mol. The molecule has 8 aromatic rings. The predicted octanol–water partition coefficient (Wildman–Crippen LogP) is 11.3. The summed E-state index contributed by atoms with van der Waals surface area (Å²) in [4.78, 5) is 15.3. The molecule has 0 fully saturated rings. The van der Waals surface area contributed by atoms with Crippen LogP contribution in [0, 0.1) is 0 Å². The van der Waals surface area contributed by atoms with Crippen LogP contribution in [0.25, 0.3) is 84.2 Å². The Morgan fingerprint density at radius 3 is 1.79 bits per heavy atom. The van der Waals surface area contributed by atoms with Crippen molar-refractivity contribution in [1.82, 2.24) is 15.0 Å². The van der Waals surface area contributed by atoms with E-state index in [0.29, 0.717) is 23.2 Å². The van der Waals surface area contributed by atoms with Gasteiger partial charge in [0.15, 0.2) is 17.5 Å². The normalized spacial score (nSPS) is 11.4. The highest BCUT2D eigenvalue weighted by Gasteiger charge is 2.23. The minimum absolute atomic E-state index is 0.538. The van der Waals surface area contributed by atoms with Crippen LogP contribution >= 0.6 is 0 Å². The maximum absolute atomic E-state index is 6.55. The van der Waals surface area contributed by atoms with Gasteiger partial charge in [-0.2, -0.15) is 0 Å². The molecule has 2 aromatic heterocycles. The molecule has 0 N–H and O–H groups in total. The molecule has 0 aliphatic heterocycles. The first-order valence-corrected chi connectivity index (χ1v) is 15.6. The lowest BCUT2D eigenvalue weighted by Gasteiger charge is -2.11. The van der Waals surface area contributed by atoms with E-state index in [9.17, 15) is 0 Å². The molecule has 0 saturated carbocycles. The molecule has 0 saturated heterocycles. The third kappa shape index (κ3) is 5.32. The molecule has 0 aliphatic rings. The fourth-order valence-electron chi connectivity index (χ4n) is 6.12. The number of furan rings is 1. The quantitative estimate of drug-likeness (QED) is 0.170. The lowest BCUT2D eigenvalue weighted by Crippen LogP contribution is -2.01. The van der Waals surface area contributed by atoms with Crippen LogP contribution in [-0.4, -0.2) is 15.0 Å². The average Bonchev–Trinajstić information content (AvgIpc) is 3.53. The summed E-state index contributed by atoms with van der Waals surface area (Å²) in [6.07, 6.45) is 5.54. The number of benzene rings is 6. The Morgan fingerprint density at radius 1 is 0.489 bits per heavy atom. The van der Waals surface area contributed by atoms with Crippen LogP contribution in [0.1, 0.15) is 5.76 Å². The van der Waals surface area contributed by atoms with Gasteiger partial charge >= 0.3 is 0 Å². The van der Waals surface area contributed by atoms with Gasteiger partial charge in [0.1, 0.15) is 11.3 Å². The van der Waals surface area contributed by atoms with Crippen molar-refractivity contribution in [1.29, 1.82) is 0 Å². The van der Waals surface area contributed by atoms with Gasteiger partial charge in [0.2, 0.25) is 0 Å². The summed E-state index contributed by atoms with van der Waals surface area (Å²) in [7, 11) is 0. The van der Waals surface area contributed by atoms with Crippen LogP contribution in [0.3, 0.4) is 0 Å². The molecular formula is C43H29N3O. The Hall–Kier alpha value is -6.39. The molecule has 222 valence electrons. The molecule has 6 aromatic carbocycles. The van der Waals surface area contributed by atoms with E-state index in [4.69, 9.17) is 19.4 Å². The number of hydrogen-bond donors (Lipinski definition) is 0. The highest BCUT2D eigenvalue weighted by atomic mass is 16.3. The molecular weight excluding hydrogens is 574 g/mol. The summed E-state index contributed by atoms with van der Waals surface area (Å²) in [5.74, 6) is 2.37. The first-order valence-electron chi connectivity index (χ1n) is 15.6. The summed E-state index contributed by atoms with van der Waals surface area (Å²) in [5, 5.41) is 3.28. The standard InChI is InChI=1S/C43H29N3O/c1-2-3-23-38-40(39-36(22-13-24-37(39)47-38)35-21-12-19-31-16-10-11-20-34(31)35)43-45-41(32-17-8-5-9-18-32)44-42(46-43)33-27-25-30(26-28-33)29-14-6-4-7-15-29/h2-28H,1H2/b23-3-. The van der Waals surface area contributed by atoms with Gasteiger partial charge in [0.25, 0.3) is 0 Å². The number of hydrogen-bond acceptors (Lipinski definition) is 4. The highest BCUT2D eigenvalue weighted by molar-refractivity contribution is 6.10. The topological polar surface area (TPSA) is 51.8 Å². The van der Waals surface area contributed by atoms with E-state index < -0.39 is 0 Å². The van der Waals surface area contributed by atoms with E-state index in [1.807, 2.05) is 72.8 Å². The van der Waals surface area contributed by atoms with Gasteiger partial charge in [-0.05, 0) is 45.2 Å². The second-order valence-corrected chi connectivity index (χ2v) is 11.3. The van der Waals surface area contributed by atoms with E-state index in [-0.39, 0.29) is 0 Å². The summed E-state index contributed by atoms with van der Waals surface area (Å²) in [6, 6.07) is 49.8. The Bertz CT molecular complexity index is 2400. The first kappa shape index (κ1) is 28.1. The molecule has 4 heteroatoms. The van der Waals surface area contributed by atoms with Crippen molar-refractivity contribution in [3.63, 3.8) is 0 Å². The molecule has 4 nitrogen and oxygen atoms in total. The monoisotopic (exact) mass is 603 g/mol. The van der Waals surface area contributed by atoms with Crippen LogP contribution in [0.15, 0.2) is 169 Å². The minimum atomic E-state index is 0.538. The average molecular weight is 604 g/mol. The molecule has 0 amide bonds. The molecule has 0 aliphatic carbocycles. The van der Waals surface area contributed by atoms with Crippen LogP contribution < -0.4 is 0 Å². The van der Waals surface area contributed by atoms with Crippen LogP contribution in [0.2, 0.25) is 0 Å². The van der Waals surface area contributed by atoms with Gasteiger partial charge in [-0.1, -0.05) is 158 Å². The zero-order valence-corrected chi connectivity index (χ0v) is 25.5. The van der Waals surface area contributed by atoms with Gasteiger partial charge in [0, 0.05) is 16.5 Å². The molecule has 47 heavy (non-hydrogen) atoms. The smallest absolute Gasteiger partial charge is 0.168 e. The maximum Gasteiger partial charge on any atom is 0.168 e. The van der Waals surface area contributed by atoms with Crippen molar-refractivity contribution < 1.29 is 4.42 Å². The maximum atomic E-state index is 6.55. The third-order valence-corrected chi connectivity index (χ3v) is 8.35. The van der Waals surface area contributed by atoms with Gasteiger partial charge in [-0.15, -0.1) is 0 Å². The molecule has 8 rings (SSSR count). The van der Waals surface area contributed by atoms with Crippen molar-refractivity contribution in [2.45, 2.75) is 0 Å². The molecule has 0 radical (unpaired) electrons. The Labute approximate surface area is 273 Å².